The SMILES string of the molecule is CCCCc1noc(CSC(C)CC(=O)O)n1. The predicted molar refractivity (Wildman–Crippen MR) is 65.9 cm³/mol. The van der Waals surface area contributed by atoms with Gasteiger partial charge in [0.05, 0.1) is 12.2 Å². The average Bonchev–Trinajstić information content (AvgIpc) is 2.70. The Hall–Kier alpha value is -1.04. The lowest BCUT2D eigenvalue weighted by molar-refractivity contribution is -0.136. The van der Waals surface area contributed by atoms with Gasteiger partial charge in [0, 0.05) is 11.7 Å². The lowest BCUT2D eigenvalue weighted by Crippen LogP contribution is -2.05. The molecule has 0 spiro atoms. The Bertz CT molecular complexity index is 354. The van der Waals surface area contributed by atoms with Gasteiger partial charge in [-0.25, -0.2) is 0 Å². The number of aromatic nitrogens is 2. The Morgan fingerprint density at radius 1 is 1.59 bits per heavy atom. The van der Waals surface area contributed by atoms with Gasteiger partial charge in [-0.15, -0.1) is 11.8 Å². The fourth-order valence-corrected chi connectivity index (χ4v) is 2.11. The first-order valence-electron chi connectivity index (χ1n) is 5.76. The molecule has 0 saturated heterocycles. The molecule has 0 aliphatic carbocycles. The fourth-order valence-electron chi connectivity index (χ4n) is 1.30. The minimum atomic E-state index is -0.779. The van der Waals surface area contributed by atoms with Crippen molar-refractivity contribution in [2.45, 2.75) is 50.5 Å². The van der Waals surface area contributed by atoms with Gasteiger partial charge in [0.2, 0.25) is 5.89 Å². The van der Waals surface area contributed by atoms with Gasteiger partial charge in [0.1, 0.15) is 0 Å². The highest BCUT2D eigenvalue weighted by Gasteiger charge is 2.11. The Kier molecular flexibility index (Phi) is 6.04. The Balaban J connectivity index is 2.31. The third-order valence-electron chi connectivity index (χ3n) is 2.22. The second kappa shape index (κ2) is 7.32. The molecule has 0 aromatic carbocycles. The topological polar surface area (TPSA) is 76.2 Å². The van der Waals surface area contributed by atoms with Crippen LogP contribution in [-0.2, 0) is 17.0 Å². The average molecular weight is 258 g/mol. The van der Waals surface area contributed by atoms with Crippen LogP contribution in [0, 0.1) is 0 Å². The maximum atomic E-state index is 10.5. The van der Waals surface area contributed by atoms with Crippen molar-refractivity contribution in [3.05, 3.63) is 11.7 Å². The van der Waals surface area contributed by atoms with Crippen molar-refractivity contribution in [3.8, 4) is 0 Å². The summed E-state index contributed by atoms with van der Waals surface area (Å²) in [5.41, 5.74) is 0. The van der Waals surface area contributed by atoms with Gasteiger partial charge in [-0.1, -0.05) is 25.4 Å². The number of carbonyl (C=O) groups is 1. The van der Waals surface area contributed by atoms with Crippen molar-refractivity contribution in [1.29, 1.82) is 0 Å². The highest BCUT2D eigenvalue weighted by Crippen LogP contribution is 2.19. The summed E-state index contributed by atoms with van der Waals surface area (Å²) >= 11 is 1.52. The van der Waals surface area contributed by atoms with Gasteiger partial charge >= 0.3 is 5.97 Å². The number of nitrogens with zero attached hydrogens (tertiary/aromatic N) is 2. The highest BCUT2D eigenvalue weighted by atomic mass is 32.2. The summed E-state index contributed by atoms with van der Waals surface area (Å²) in [7, 11) is 0. The molecule has 1 aromatic heterocycles. The van der Waals surface area contributed by atoms with Crippen LogP contribution in [0.4, 0.5) is 0 Å². The zero-order chi connectivity index (χ0) is 12.7. The molecule has 5 nitrogen and oxygen atoms in total. The molecule has 1 aromatic rings. The van der Waals surface area contributed by atoms with E-state index in [0.717, 1.165) is 25.1 Å². The monoisotopic (exact) mass is 258 g/mol. The molecule has 0 aliphatic rings. The van der Waals surface area contributed by atoms with E-state index in [9.17, 15) is 4.79 Å². The van der Waals surface area contributed by atoms with Crippen LogP contribution in [0.2, 0.25) is 0 Å². The number of thioether (sulfide) groups is 1. The Labute approximate surface area is 105 Å². The zero-order valence-electron chi connectivity index (χ0n) is 10.2. The molecule has 0 amide bonds. The van der Waals surface area contributed by atoms with Crippen molar-refractivity contribution in [2.75, 3.05) is 0 Å². The third-order valence-corrected chi connectivity index (χ3v) is 3.37. The van der Waals surface area contributed by atoms with Crippen LogP contribution in [0.5, 0.6) is 0 Å². The van der Waals surface area contributed by atoms with Crippen LogP contribution in [-0.4, -0.2) is 26.5 Å². The van der Waals surface area contributed by atoms with Crippen LogP contribution in [0.3, 0.4) is 0 Å². The molecular formula is C11H18N2O3S. The summed E-state index contributed by atoms with van der Waals surface area (Å²) < 4.78 is 5.09. The normalized spacial score (nSPS) is 12.6. The van der Waals surface area contributed by atoms with Gasteiger partial charge in [0.15, 0.2) is 5.82 Å². The first-order chi connectivity index (χ1) is 8.11. The van der Waals surface area contributed by atoms with Crippen molar-refractivity contribution in [3.63, 3.8) is 0 Å². The van der Waals surface area contributed by atoms with E-state index in [4.69, 9.17) is 9.63 Å². The smallest absolute Gasteiger partial charge is 0.304 e. The minimum Gasteiger partial charge on any atom is -0.481 e. The van der Waals surface area contributed by atoms with Crippen LogP contribution < -0.4 is 0 Å². The third kappa shape index (κ3) is 5.72. The largest absolute Gasteiger partial charge is 0.481 e. The molecule has 1 atom stereocenters. The summed E-state index contributed by atoms with van der Waals surface area (Å²) in [6.07, 6.45) is 3.16. The molecule has 1 unspecified atom stereocenters. The number of hydrogen-bond acceptors (Lipinski definition) is 5. The Morgan fingerprint density at radius 2 is 2.35 bits per heavy atom. The molecular weight excluding hydrogens is 240 g/mol. The van der Waals surface area contributed by atoms with Crippen LogP contribution in [0.25, 0.3) is 0 Å². The van der Waals surface area contributed by atoms with Crippen molar-refractivity contribution < 1.29 is 14.4 Å². The van der Waals surface area contributed by atoms with E-state index in [1.165, 1.54) is 11.8 Å². The number of hydrogen-bond donors (Lipinski definition) is 1. The first-order valence-corrected chi connectivity index (χ1v) is 6.81. The number of aliphatic carboxylic acids is 1. The number of rotatable bonds is 8. The molecule has 1 heterocycles. The molecule has 0 bridgehead atoms. The molecule has 0 aliphatic heterocycles. The molecule has 96 valence electrons. The van der Waals surface area contributed by atoms with Gasteiger partial charge in [-0.2, -0.15) is 4.98 Å². The van der Waals surface area contributed by atoms with E-state index >= 15 is 0 Å². The molecule has 0 radical (unpaired) electrons. The van der Waals surface area contributed by atoms with Gasteiger partial charge in [0.25, 0.3) is 0 Å². The maximum absolute atomic E-state index is 10.5. The first kappa shape index (κ1) is 14.0. The number of aryl methyl sites for hydroxylation is 1. The number of unbranched alkanes of at least 4 members (excludes halogenated alkanes) is 1. The summed E-state index contributed by atoms with van der Waals surface area (Å²) in [5.74, 6) is 1.12. The standard InChI is InChI=1S/C11H18N2O3S/c1-3-4-5-9-12-10(16-13-9)7-17-8(2)6-11(14)15/h8H,3-7H2,1-2H3,(H,14,15). The summed E-state index contributed by atoms with van der Waals surface area (Å²) in [4.78, 5) is 14.7. The van der Waals surface area contributed by atoms with Crippen LogP contribution in [0.1, 0.15) is 44.8 Å². The number of carboxylic acids is 1. The molecule has 17 heavy (non-hydrogen) atoms. The summed E-state index contributed by atoms with van der Waals surface area (Å²) in [5, 5.41) is 12.5. The van der Waals surface area contributed by atoms with Gasteiger partial charge < -0.3 is 9.63 Å². The van der Waals surface area contributed by atoms with Crippen molar-refractivity contribution in [2.24, 2.45) is 0 Å². The van der Waals surface area contributed by atoms with Crippen molar-refractivity contribution in [1.82, 2.24) is 10.1 Å². The Morgan fingerprint density at radius 3 is 3.00 bits per heavy atom. The van der Waals surface area contributed by atoms with E-state index in [1.54, 1.807) is 0 Å². The molecule has 0 fully saturated rings. The maximum Gasteiger partial charge on any atom is 0.304 e. The number of carboxylic acid groups (broad SMARTS) is 1. The summed E-state index contributed by atoms with van der Waals surface area (Å²) in [6, 6.07) is 0. The van der Waals surface area contributed by atoms with E-state index in [1.807, 2.05) is 6.92 Å². The van der Waals surface area contributed by atoms with E-state index < -0.39 is 5.97 Å². The zero-order valence-corrected chi connectivity index (χ0v) is 11.0. The van der Waals surface area contributed by atoms with E-state index in [2.05, 4.69) is 17.1 Å². The van der Waals surface area contributed by atoms with Crippen LogP contribution in [0.15, 0.2) is 4.52 Å². The second-order valence-electron chi connectivity index (χ2n) is 3.93. The molecule has 1 rings (SSSR count). The van der Waals surface area contributed by atoms with E-state index in [-0.39, 0.29) is 11.7 Å². The molecule has 6 heteroatoms. The van der Waals surface area contributed by atoms with Gasteiger partial charge in [-0.3, -0.25) is 4.79 Å². The lowest BCUT2D eigenvalue weighted by atomic mass is 10.2. The van der Waals surface area contributed by atoms with Crippen molar-refractivity contribution >= 4 is 17.7 Å². The highest BCUT2D eigenvalue weighted by molar-refractivity contribution is 7.99. The van der Waals surface area contributed by atoms with E-state index in [0.29, 0.717) is 11.6 Å². The summed E-state index contributed by atoms with van der Waals surface area (Å²) in [6.45, 7) is 4.00. The predicted octanol–water partition coefficient (Wildman–Crippen LogP) is 2.51. The minimum absolute atomic E-state index is 0.0542. The van der Waals surface area contributed by atoms with Crippen LogP contribution >= 0.6 is 11.8 Å². The second-order valence-corrected chi connectivity index (χ2v) is 5.35. The van der Waals surface area contributed by atoms with Gasteiger partial charge in [-0.05, 0) is 6.42 Å². The molecule has 0 saturated carbocycles. The lowest BCUT2D eigenvalue weighted by Gasteiger charge is -2.04. The fraction of sp³-hybridized carbons (Fsp3) is 0.727. The quantitative estimate of drug-likeness (QED) is 0.772. The molecule has 1 N–H and O–H groups in total.